The quantitative estimate of drug-likeness (QED) is 0.676. The molecule has 2 unspecified atom stereocenters. The Hall–Kier alpha value is -2.88. The van der Waals surface area contributed by atoms with Gasteiger partial charge in [0.25, 0.3) is 11.8 Å². The summed E-state index contributed by atoms with van der Waals surface area (Å²) in [4.78, 5) is 42.9. The molecule has 0 radical (unpaired) electrons. The predicted octanol–water partition coefficient (Wildman–Crippen LogP) is 2.70. The monoisotopic (exact) mass is 501 g/mol. The zero-order valence-electron chi connectivity index (χ0n) is 19.3. The van der Waals surface area contributed by atoms with Crippen molar-refractivity contribution in [2.75, 3.05) is 32.8 Å². The predicted molar refractivity (Wildman–Crippen MR) is 126 cm³/mol. The lowest BCUT2D eigenvalue weighted by atomic mass is 9.96. The number of hydrogen-bond acceptors (Lipinski definition) is 6. The number of hydrogen-bond donors (Lipinski definition) is 1. The van der Waals surface area contributed by atoms with E-state index in [0.29, 0.717) is 49.7 Å². The van der Waals surface area contributed by atoms with Crippen LogP contribution in [0.15, 0.2) is 47.1 Å². The maximum absolute atomic E-state index is 13.5. The standard InChI is InChI=1S/C25H28ClN3O6/c26-18-5-1-4-17(14-18)23(31)28-10-8-25(9-11-28)29(24(32)21-7-3-13-34-21)20(16-35-25)22(30)27-15-19-6-2-12-33-19/h1,3-5,7,13-14,19-20H,2,6,8-12,15-16H2,(H,27,30). The highest BCUT2D eigenvalue weighted by atomic mass is 35.5. The van der Waals surface area contributed by atoms with Crippen molar-refractivity contribution in [1.29, 1.82) is 0 Å². The van der Waals surface area contributed by atoms with Gasteiger partial charge in [0, 0.05) is 49.7 Å². The first-order chi connectivity index (χ1) is 17.0. The van der Waals surface area contributed by atoms with Crippen LogP contribution in [0, 0.1) is 0 Å². The van der Waals surface area contributed by atoms with Gasteiger partial charge in [0.1, 0.15) is 11.8 Å². The normalized spacial score (nSPS) is 23.6. The smallest absolute Gasteiger partial charge is 0.292 e. The van der Waals surface area contributed by atoms with Gasteiger partial charge in [0.15, 0.2) is 5.76 Å². The molecule has 186 valence electrons. The summed E-state index contributed by atoms with van der Waals surface area (Å²) in [6, 6.07) is 9.24. The minimum absolute atomic E-state index is 0.00908. The first-order valence-corrected chi connectivity index (χ1v) is 12.3. The lowest BCUT2D eigenvalue weighted by Gasteiger charge is -2.44. The third-order valence-corrected chi connectivity index (χ3v) is 7.18. The lowest BCUT2D eigenvalue weighted by Crippen LogP contribution is -2.60. The van der Waals surface area contributed by atoms with Gasteiger partial charge in [-0.15, -0.1) is 0 Å². The highest BCUT2D eigenvalue weighted by Crippen LogP contribution is 2.39. The number of carbonyl (C=O) groups is 3. The summed E-state index contributed by atoms with van der Waals surface area (Å²) in [5.74, 6) is -0.673. The molecule has 5 rings (SSSR count). The number of nitrogens with zero attached hydrogens (tertiary/aromatic N) is 2. The van der Waals surface area contributed by atoms with E-state index < -0.39 is 17.7 Å². The van der Waals surface area contributed by atoms with Crippen LogP contribution in [0.3, 0.4) is 0 Å². The largest absolute Gasteiger partial charge is 0.459 e. The molecule has 3 saturated heterocycles. The second kappa shape index (κ2) is 10.0. The van der Waals surface area contributed by atoms with Crippen LogP contribution in [-0.4, -0.2) is 78.2 Å². The minimum atomic E-state index is -0.999. The van der Waals surface area contributed by atoms with Crippen molar-refractivity contribution in [2.24, 2.45) is 0 Å². The van der Waals surface area contributed by atoms with Gasteiger partial charge in [-0.2, -0.15) is 0 Å². The Labute approximate surface area is 208 Å². The molecule has 1 N–H and O–H groups in total. The first-order valence-electron chi connectivity index (χ1n) is 11.9. The Kier molecular flexibility index (Phi) is 6.82. The van der Waals surface area contributed by atoms with Gasteiger partial charge in [0.2, 0.25) is 5.91 Å². The van der Waals surface area contributed by atoms with Gasteiger partial charge < -0.3 is 24.1 Å². The third kappa shape index (κ3) is 4.80. The maximum atomic E-state index is 13.5. The average molecular weight is 502 g/mol. The van der Waals surface area contributed by atoms with Crippen LogP contribution in [0.1, 0.15) is 46.6 Å². The van der Waals surface area contributed by atoms with E-state index in [9.17, 15) is 14.4 Å². The molecule has 1 aromatic heterocycles. The van der Waals surface area contributed by atoms with Gasteiger partial charge in [-0.25, -0.2) is 0 Å². The second-order valence-electron chi connectivity index (χ2n) is 9.11. The molecule has 35 heavy (non-hydrogen) atoms. The average Bonchev–Trinajstić information content (AvgIpc) is 3.64. The highest BCUT2D eigenvalue weighted by Gasteiger charge is 2.54. The number of halogens is 1. The van der Waals surface area contributed by atoms with Gasteiger partial charge in [-0.1, -0.05) is 17.7 Å². The molecule has 1 spiro atoms. The number of amides is 3. The summed E-state index contributed by atoms with van der Waals surface area (Å²) >= 11 is 6.05. The van der Waals surface area contributed by atoms with Gasteiger partial charge >= 0.3 is 0 Å². The Morgan fingerprint density at radius 1 is 1.11 bits per heavy atom. The molecule has 2 aromatic rings. The summed E-state index contributed by atoms with van der Waals surface area (Å²) in [6.45, 7) is 1.91. The number of rotatable bonds is 5. The number of furan rings is 1. The molecule has 3 aliphatic rings. The van der Waals surface area contributed by atoms with Crippen molar-refractivity contribution in [3.05, 3.63) is 59.0 Å². The molecule has 4 heterocycles. The van der Waals surface area contributed by atoms with E-state index in [2.05, 4.69) is 5.32 Å². The first kappa shape index (κ1) is 23.8. The molecule has 10 heteroatoms. The number of carbonyl (C=O) groups excluding carboxylic acids is 3. The molecule has 3 amide bonds. The highest BCUT2D eigenvalue weighted by molar-refractivity contribution is 6.30. The van der Waals surface area contributed by atoms with E-state index in [1.165, 1.54) is 11.2 Å². The van der Waals surface area contributed by atoms with E-state index in [0.717, 1.165) is 12.8 Å². The van der Waals surface area contributed by atoms with Crippen LogP contribution in [0.5, 0.6) is 0 Å². The SMILES string of the molecule is O=C(NCC1CCCO1)C1COC2(CCN(C(=O)c3cccc(Cl)c3)CC2)N1C(=O)c1ccco1. The van der Waals surface area contributed by atoms with Crippen LogP contribution in [0.25, 0.3) is 0 Å². The van der Waals surface area contributed by atoms with E-state index in [4.69, 9.17) is 25.5 Å². The summed E-state index contributed by atoms with van der Waals surface area (Å²) in [5.41, 5.74) is -0.489. The fourth-order valence-electron chi connectivity index (χ4n) is 5.09. The van der Waals surface area contributed by atoms with Crippen molar-refractivity contribution < 1.29 is 28.3 Å². The summed E-state index contributed by atoms with van der Waals surface area (Å²) in [5, 5.41) is 3.42. The van der Waals surface area contributed by atoms with Crippen LogP contribution >= 0.6 is 11.6 Å². The molecule has 1 aromatic carbocycles. The van der Waals surface area contributed by atoms with Crippen molar-refractivity contribution in [3.8, 4) is 0 Å². The van der Waals surface area contributed by atoms with Crippen molar-refractivity contribution >= 4 is 29.3 Å². The van der Waals surface area contributed by atoms with E-state index >= 15 is 0 Å². The molecule has 3 fully saturated rings. The summed E-state index contributed by atoms with van der Waals surface area (Å²) in [7, 11) is 0. The molecule has 0 saturated carbocycles. The fraction of sp³-hybridized carbons (Fsp3) is 0.480. The zero-order valence-corrected chi connectivity index (χ0v) is 20.0. The second-order valence-corrected chi connectivity index (χ2v) is 9.54. The van der Waals surface area contributed by atoms with Crippen LogP contribution in [0.4, 0.5) is 0 Å². The Bertz CT molecular complexity index is 1080. The zero-order chi connectivity index (χ0) is 24.4. The Balaban J connectivity index is 1.32. The number of benzene rings is 1. The van der Waals surface area contributed by atoms with Gasteiger partial charge in [0.05, 0.1) is 19.0 Å². The lowest BCUT2D eigenvalue weighted by molar-refractivity contribution is -0.128. The van der Waals surface area contributed by atoms with Crippen LogP contribution in [-0.2, 0) is 14.3 Å². The molecule has 3 aliphatic heterocycles. The third-order valence-electron chi connectivity index (χ3n) is 6.95. The van der Waals surface area contributed by atoms with E-state index in [-0.39, 0.29) is 30.3 Å². The maximum Gasteiger partial charge on any atom is 0.292 e. The summed E-state index contributed by atoms with van der Waals surface area (Å²) in [6.07, 6.45) is 4.05. The minimum Gasteiger partial charge on any atom is -0.459 e. The number of piperidine rings is 1. The number of ether oxygens (including phenoxy) is 2. The fourth-order valence-corrected chi connectivity index (χ4v) is 5.28. The molecular weight excluding hydrogens is 474 g/mol. The Morgan fingerprint density at radius 3 is 2.63 bits per heavy atom. The van der Waals surface area contributed by atoms with Gasteiger partial charge in [-0.05, 0) is 43.2 Å². The molecule has 9 nitrogen and oxygen atoms in total. The number of likely N-dealkylation sites (tertiary alicyclic amines) is 1. The van der Waals surface area contributed by atoms with Crippen molar-refractivity contribution in [2.45, 2.75) is 43.6 Å². The van der Waals surface area contributed by atoms with Crippen LogP contribution in [0.2, 0.25) is 5.02 Å². The van der Waals surface area contributed by atoms with E-state index in [1.807, 2.05) is 0 Å². The molecule has 0 aliphatic carbocycles. The van der Waals surface area contributed by atoms with Crippen LogP contribution < -0.4 is 5.32 Å². The van der Waals surface area contributed by atoms with E-state index in [1.54, 1.807) is 41.3 Å². The van der Waals surface area contributed by atoms with Crippen molar-refractivity contribution in [3.63, 3.8) is 0 Å². The summed E-state index contributed by atoms with van der Waals surface area (Å²) < 4.78 is 17.1. The topological polar surface area (TPSA) is 101 Å². The molecular formula is C25H28ClN3O6. The Morgan fingerprint density at radius 2 is 1.94 bits per heavy atom. The van der Waals surface area contributed by atoms with Crippen molar-refractivity contribution in [1.82, 2.24) is 15.1 Å². The van der Waals surface area contributed by atoms with Gasteiger partial charge in [-0.3, -0.25) is 19.3 Å². The number of nitrogens with one attached hydrogen (secondary N) is 1. The molecule has 2 atom stereocenters. The molecule has 0 bridgehead atoms.